The summed E-state index contributed by atoms with van der Waals surface area (Å²) in [4.78, 5) is 0. The van der Waals surface area contributed by atoms with Gasteiger partial charge in [-0.25, -0.2) is 0 Å². The summed E-state index contributed by atoms with van der Waals surface area (Å²) in [5.41, 5.74) is 0.966. The molecule has 0 aromatic rings. The fourth-order valence-corrected chi connectivity index (χ4v) is 0.581. The van der Waals surface area contributed by atoms with E-state index < -0.39 is 0 Å². The molecule has 2 heteroatoms. The van der Waals surface area contributed by atoms with Crippen LogP contribution in [-0.2, 0) is 4.74 Å². The van der Waals surface area contributed by atoms with Crippen molar-refractivity contribution in [1.29, 1.82) is 0 Å². The van der Waals surface area contributed by atoms with E-state index in [1.807, 2.05) is 19.9 Å². The summed E-state index contributed by atoms with van der Waals surface area (Å²) in [5, 5.41) is 8.39. The van der Waals surface area contributed by atoms with Crippen molar-refractivity contribution in [2.75, 3.05) is 19.8 Å². The predicted octanol–water partition coefficient (Wildman–Crippen LogP) is 2.32. The highest BCUT2D eigenvalue weighted by Gasteiger charge is 1.89. The van der Waals surface area contributed by atoms with E-state index in [0.717, 1.165) is 5.57 Å². The maximum absolute atomic E-state index is 8.39. The Morgan fingerprint density at radius 2 is 2.00 bits per heavy atom. The second kappa shape index (κ2) is 13.7. The van der Waals surface area contributed by atoms with Crippen molar-refractivity contribution in [1.82, 2.24) is 0 Å². The maximum Gasteiger partial charge on any atom is 0.0717 e. The first-order valence-corrected chi connectivity index (χ1v) is 4.47. The summed E-state index contributed by atoms with van der Waals surface area (Å²) in [6.45, 7) is 12.0. The van der Waals surface area contributed by atoms with Crippen LogP contribution >= 0.6 is 0 Å². The van der Waals surface area contributed by atoms with Crippen LogP contribution in [0.15, 0.2) is 37.0 Å². The molecule has 0 saturated heterocycles. The Bertz CT molecular complexity index is 148. The largest absolute Gasteiger partial charge is 0.394 e. The second-order valence-corrected chi connectivity index (χ2v) is 1.96. The molecule has 0 unspecified atom stereocenters. The second-order valence-electron chi connectivity index (χ2n) is 1.96. The number of hydrogen-bond donors (Lipinski definition) is 1. The lowest BCUT2D eigenvalue weighted by Crippen LogP contribution is -2.01. The fourth-order valence-electron chi connectivity index (χ4n) is 0.581. The van der Waals surface area contributed by atoms with Crippen molar-refractivity contribution >= 4 is 0 Å². The van der Waals surface area contributed by atoms with Crippen molar-refractivity contribution in [3.8, 4) is 0 Å². The molecule has 0 aliphatic rings. The van der Waals surface area contributed by atoms with Crippen LogP contribution in [0.3, 0.4) is 0 Å². The van der Waals surface area contributed by atoms with Gasteiger partial charge in [0.25, 0.3) is 0 Å². The van der Waals surface area contributed by atoms with Crippen LogP contribution in [0.1, 0.15) is 13.8 Å². The standard InChI is InChI=1S/C9H14O2.C2H6/c1-3-5-9(4-2)8-11-7-6-10;1-2/h3-5,10H,1-2,6-8H2;1-2H3/b9-5+;. The number of hydrogen-bond acceptors (Lipinski definition) is 2. The van der Waals surface area contributed by atoms with Gasteiger partial charge in [-0.2, -0.15) is 0 Å². The van der Waals surface area contributed by atoms with Gasteiger partial charge in [0.1, 0.15) is 0 Å². The van der Waals surface area contributed by atoms with Crippen molar-refractivity contribution in [3.63, 3.8) is 0 Å². The lowest BCUT2D eigenvalue weighted by Gasteiger charge is -2.01. The van der Waals surface area contributed by atoms with E-state index in [4.69, 9.17) is 9.84 Å². The molecule has 0 aromatic heterocycles. The van der Waals surface area contributed by atoms with E-state index in [9.17, 15) is 0 Å². The van der Waals surface area contributed by atoms with Gasteiger partial charge in [0.15, 0.2) is 0 Å². The molecule has 0 saturated carbocycles. The van der Waals surface area contributed by atoms with Gasteiger partial charge in [0, 0.05) is 0 Å². The molecule has 0 rings (SSSR count). The smallest absolute Gasteiger partial charge is 0.0717 e. The van der Waals surface area contributed by atoms with Crippen LogP contribution in [0.5, 0.6) is 0 Å². The zero-order valence-corrected chi connectivity index (χ0v) is 8.62. The minimum atomic E-state index is 0.0541. The summed E-state index contributed by atoms with van der Waals surface area (Å²) >= 11 is 0. The van der Waals surface area contributed by atoms with Gasteiger partial charge in [-0.05, 0) is 5.57 Å². The van der Waals surface area contributed by atoms with Crippen LogP contribution in [0, 0.1) is 0 Å². The van der Waals surface area contributed by atoms with Gasteiger partial charge < -0.3 is 9.84 Å². The number of allylic oxidation sites excluding steroid dienone is 2. The van der Waals surface area contributed by atoms with Gasteiger partial charge in [-0.3, -0.25) is 0 Å². The summed E-state index contributed by atoms with van der Waals surface area (Å²) in [6, 6.07) is 0. The average molecular weight is 184 g/mol. The Hall–Kier alpha value is -0.860. The van der Waals surface area contributed by atoms with Gasteiger partial charge in [-0.1, -0.05) is 45.2 Å². The molecule has 0 spiro atoms. The molecule has 0 aliphatic carbocycles. The maximum atomic E-state index is 8.39. The van der Waals surface area contributed by atoms with Crippen LogP contribution in [0.4, 0.5) is 0 Å². The van der Waals surface area contributed by atoms with Crippen molar-refractivity contribution < 1.29 is 9.84 Å². The van der Waals surface area contributed by atoms with E-state index >= 15 is 0 Å². The third-order valence-corrected chi connectivity index (χ3v) is 1.10. The zero-order chi connectivity index (χ0) is 10.5. The minimum Gasteiger partial charge on any atom is -0.394 e. The van der Waals surface area contributed by atoms with Crippen LogP contribution in [0.25, 0.3) is 0 Å². The van der Waals surface area contributed by atoms with E-state index in [1.54, 1.807) is 12.2 Å². The van der Waals surface area contributed by atoms with E-state index in [-0.39, 0.29) is 6.61 Å². The van der Waals surface area contributed by atoms with Crippen LogP contribution in [0.2, 0.25) is 0 Å². The van der Waals surface area contributed by atoms with E-state index in [0.29, 0.717) is 13.2 Å². The Morgan fingerprint density at radius 3 is 2.38 bits per heavy atom. The molecule has 0 amide bonds. The van der Waals surface area contributed by atoms with Gasteiger partial charge in [-0.15, -0.1) is 0 Å². The first kappa shape index (κ1) is 14.7. The minimum absolute atomic E-state index is 0.0541. The molecule has 0 radical (unpaired) electrons. The molecule has 0 atom stereocenters. The van der Waals surface area contributed by atoms with Crippen molar-refractivity contribution in [2.45, 2.75) is 13.8 Å². The number of ether oxygens (including phenoxy) is 1. The van der Waals surface area contributed by atoms with Gasteiger partial charge >= 0.3 is 0 Å². The molecule has 0 heterocycles. The molecule has 13 heavy (non-hydrogen) atoms. The Labute approximate surface area is 81.2 Å². The molecule has 0 bridgehead atoms. The Morgan fingerprint density at radius 1 is 1.38 bits per heavy atom. The first-order valence-electron chi connectivity index (χ1n) is 4.47. The lowest BCUT2D eigenvalue weighted by molar-refractivity contribution is 0.109. The van der Waals surface area contributed by atoms with Gasteiger partial charge in [0.05, 0.1) is 19.8 Å². The quantitative estimate of drug-likeness (QED) is 0.507. The average Bonchev–Trinajstić information content (AvgIpc) is 2.20. The summed E-state index contributed by atoms with van der Waals surface area (Å²) in [7, 11) is 0. The topological polar surface area (TPSA) is 29.5 Å². The first-order chi connectivity index (χ1) is 6.35. The number of aliphatic hydroxyl groups excluding tert-OH is 1. The Balaban J connectivity index is 0. The third kappa shape index (κ3) is 11.1. The number of rotatable bonds is 6. The van der Waals surface area contributed by atoms with Crippen LogP contribution in [-0.4, -0.2) is 24.9 Å². The number of aliphatic hydroxyl groups is 1. The van der Waals surface area contributed by atoms with Crippen molar-refractivity contribution in [2.24, 2.45) is 0 Å². The normalized spacial score (nSPS) is 9.92. The Kier molecular flexibility index (Phi) is 15.5. The highest BCUT2D eigenvalue weighted by molar-refractivity contribution is 5.21. The van der Waals surface area contributed by atoms with Gasteiger partial charge in [0.2, 0.25) is 0 Å². The molecule has 1 N–H and O–H groups in total. The predicted molar refractivity (Wildman–Crippen MR) is 57.7 cm³/mol. The van der Waals surface area contributed by atoms with Crippen LogP contribution < -0.4 is 0 Å². The highest BCUT2D eigenvalue weighted by atomic mass is 16.5. The lowest BCUT2D eigenvalue weighted by atomic mass is 10.2. The summed E-state index contributed by atoms with van der Waals surface area (Å²) < 4.78 is 5.05. The van der Waals surface area contributed by atoms with E-state index in [1.165, 1.54) is 0 Å². The SMILES string of the molecule is C=C/C=C(\C=C)COCCO.CC. The van der Waals surface area contributed by atoms with E-state index in [2.05, 4.69) is 13.2 Å². The molecule has 2 nitrogen and oxygen atoms in total. The molecule has 76 valence electrons. The summed E-state index contributed by atoms with van der Waals surface area (Å²) in [5.74, 6) is 0. The zero-order valence-electron chi connectivity index (χ0n) is 8.62. The molecule has 0 aromatic carbocycles. The third-order valence-electron chi connectivity index (χ3n) is 1.10. The monoisotopic (exact) mass is 184 g/mol. The molecule has 0 aliphatic heterocycles. The van der Waals surface area contributed by atoms with Crippen molar-refractivity contribution in [3.05, 3.63) is 37.0 Å². The summed E-state index contributed by atoms with van der Waals surface area (Å²) in [6.07, 6.45) is 5.21. The molecular weight excluding hydrogens is 164 g/mol. The molecular formula is C11H20O2. The molecule has 0 fully saturated rings. The fraction of sp³-hybridized carbons (Fsp3) is 0.455. The highest BCUT2D eigenvalue weighted by Crippen LogP contribution is 1.96.